The summed E-state index contributed by atoms with van der Waals surface area (Å²) in [5.74, 6) is 1.63. The second-order valence-corrected chi connectivity index (χ2v) is 4.39. The van der Waals surface area contributed by atoms with Gasteiger partial charge in [0.25, 0.3) is 0 Å². The lowest BCUT2D eigenvalue weighted by Gasteiger charge is -2.04. The third-order valence-electron chi connectivity index (χ3n) is 3.02. The van der Waals surface area contributed by atoms with Gasteiger partial charge in [-0.3, -0.25) is 4.98 Å². The van der Waals surface area contributed by atoms with E-state index in [1.54, 1.807) is 6.20 Å². The van der Waals surface area contributed by atoms with Crippen LogP contribution in [0.15, 0.2) is 53.2 Å². The van der Waals surface area contributed by atoms with Crippen molar-refractivity contribution in [3.63, 3.8) is 0 Å². The number of benzene rings is 1. The maximum atomic E-state index is 5.81. The van der Waals surface area contributed by atoms with Gasteiger partial charge < -0.3 is 10.2 Å². The summed E-state index contributed by atoms with van der Waals surface area (Å²) in [6.45, 7) is 1.91. The molecular formula is C15H14N2O. The summed E-state index contributed by atoms with van der Waals surface area (Å²) in [6, 6.07) is 11.9. The topological polar surface area (TPSA) is 52.0 Å². The van der Waals surface area contributed by atoms with Crippen LogP contribution in [0.5, 0.6) is 0 Å². The van der Waals surface area contributed by atoms with E-state index in [2.05, 4.69) is 11.1 Å². The summed E-state index contributed by atoms with van der Waals surface area (Å²) in [6.07, 6.45) is 3.65. The van der Waals surface area contributed by atoms with E-state index in [1.165, 1.54) is 0 Å². The van der Waals surface area contributed by atoms with Gasteiger partial charge in [-0.2, -0.15) is 0 Å². The van der Waals surface area contributed by atoms with E-state index >= 15 is 0 Å². The smallest absolute Gasteiger partial charge is 0.135 e. The Labute approximate surface area is 105 Å². The molecule has 1 unspecified atom stereocenters. The lowest BCUT2D eigenvalue weighted by atomic mass is 10.1. The van der Waals surface area contributed by atoms with Gasteiger partial charge in [-0.15, -0.1) is 0 Å². The molecule has 0 aliphatic carbocycles. The Hall–Kier alpha value is -2.13. The number of hydrogen-bond donors (Lipinski definition) is 1. The molecule has 90 valence electrons. The number of hydrogen-bond acceptors (Lipinski definition) is 3. The zero-order valence-corrected chi connectivity index (χ0v) is 10.1. The average molecular weight is 238 g/mol. The first-order chi connectivity index (χ1) is 8.75. The molecule has 0 spiro atoms. The summed E-state index contributed by atoms with van der Waals surface area (Å²) < 4.78 is 5.79. The quantitative estimate of drug-likeness (QED) is 0.743. The molecule has 0 saturated carbocycles. The zero-order chi connectivity index (χ0) is 12.5. The van der Waals surface area contributed by atoms with E-state index in [-0.39, 0.29) is 6.04 Å². The lowest BCUT2D eigenvalue weighted by molar-refractivity contribution is 0.491. The largest absolute Gasteiger partial charge is 0.459 e. The molecule has 0 bridgehead atoms. The van der Waals surface area contributed by atoms with Gasteiger partial charge in [-0.25, -0.2) is 0 Å². The second-order valence-electron chi connectivity index (χ2n) is 4.39. The Balaban J connectivity index is 2.18. The molecule has 0 aliphatic heterocycles. The first-order valence-corrected chi connectivity index (χ1v) is 5.94. The number of rotatable bonds is 2. The molecule has 3 nitrogen and oxygen atoms in total. The number of furan rings is 1. The van der Waals surface area contributed by atoms with Crippen molar-refractivity contribution in [2.75, 3.05) is 0 Å². The van der Waals surface area contributed by atoms with Gasteiger partial charge in [0.1, 0.15) is 11.5 Å². The molecule has 0 fully saturated rings. The molecule has 3 rings (SSSR count). The maximum absolute atomic E-state index is 5.81. The van der Waals surface area contributed by atoms with Crippen molar-refractivity contribution in [3.8, 4) is 11.3 Å². The molecule has 0 amide bonds. The number of fused-ring (bicyclic) bond motifs is 1. The minimum absolute atomic E-state index is 0.0909. The summed E-state index contributed by atoms with van der Waals surface area (Å²) in [7, 11) is 0. The SMILES string of the molecule is CC(N)c1ccc(-c2cccc3ccncc23)o1. The van der Waals surface area contributed by atoms with Gasteiger partial charge in [0, 0.05) is 23.3 Å². The summed E-state index contributed by atoms with van der Waals surface area (Å²) >= 11 is 0. The van der Waals surface area contributed by atoms with Crippen LogP contribution in [-0.2, 0) is 0 Å². The van der Waals surface area contributed by atoms with Crippen LogP contribution in [0, 0.1) is 0 Å². The molecule has 2 N–H and O–H groups in total. The van der Waals surface area contributed by atoms with Crippen molar-refractivity contribution >= 4 is 10.8 Å². The van der Waals surface area contributed by atoms with Crippen LogP contribution in [0.4, 0.5) is 0 Å². The Morgan fingerprint density at radius 2 is 2.06 bits per heavy atom. The molecule has 0 radical (unpaired) electrons. The van der Waals surface area contributed by atoms with E-state index in [0.717, 1.165) is 27.9 Å². The summed E-state index contributed by atoms with van der Waals surface area (Å²) in [5, 5.41) is 2.24. The molecule has 3 heteroatoms. The van der Waals surface area contributed by atoms with Crippen molar-refractivity contribution in [2.24, 2.45) is 5.73 Å². The van der Waals surface area contributed by atoms with Crippen molar-refractivity contribution in [2.45, 2.75) is 13.0 Å². The van der Waals surface area contributed by atoms with E-state index < -0.39 is 0 Å². The highest BCUT2D eigenvalue weighted by molar-refractivity contribution is 5.94. The van der Waals surface area contributed by atoms with E-state index in [1.807, 2.05) is 43.5 Å². The number of pyridine rings is 1. The van der Waals surface area contributed by atoms with Crippen molar-refractivity contribution in [3.05, 3.63) is 54.6 Å². The van der Waals surface area contributed by atoms with Gasteiger partial charge in [0.2, 0.25) is 0 Å². The molecule has 2 heterocycles. The predicted octanol–water partition coefficient (Wildman–Crippen LogP) is 3.51. The molecule has 2 aromatic heterocycles. The highest BCUT2D eigenvalue weighted by atomic mass is 16.3. The molecule has 0 aliphatic rings. The third-order valence-corrected chi connectivity index (χ3v) is 3.02. The van der Waals surface area contributed by atoms with Crippen LogP contribution in [0.25, 0.3) is 22.1 Å². The van der Waals surface area contributed by atoms with Gasteiger partial charge in [0.05, 0.1) is 6.04 Å². The van der Waals surface area contributed by atoms with Crippen molar-refractivity contribution < 1.29 is 4.42 Å². The molecule has 1 atom stereocenters. The Bertz CT molecular complexity index is 680. The molecule has 3 aromatic rings. The standard InChI is InChI=1S/C15H14N2O/c1-10(16)14-5-6-15(18-14)12-4-2-3-11-7-8-17-9-13(11)12/h2-10H,16H2,1H3. The minimum Gasteiger partial charge on any atom is -0.459 e. The van der Waals surface area contributed by atoms with Crippen molar-refractivity contribution in [1.82, 2.24) is 4.98 Å². The summed E-state index contributed by atoms with van der Waals surface area (Å²) in [5.41, 5.74) is 6.86. The fourth-order valence-electron chi connectivity index (χ4n) is 2.07. The Morgan fingerprint density at radius 3 is 2.83 bits per heavy atom. The van der Waals surface area contributed by atoms with Crippen LogP contribution < -0.4 is 5.73 Å². The number of aromatic nitrogens is 1. The van der Waals surface area contributed by atoms with E-state index in [9.17, 15) is 0 Å². The molecule has 1 aromatic carbocycles. The molecule has 18 heavy (non-hydrogen) atoms. The monoisotopic (exact) mass is 238 g/mol. The van der Waals surface area contributed by atoms with Gasteiger partial charge in [0.15, 0.2) is 0 Å². The van der Waals surface area contributed by atoms with Crippen LogP contribution in [0.3, 0.4) is 0 Å². The highest BCUT2D eigenvalue weighted by Crippen LogP contribution is 2.30. The van der Waals surface area contributed by atoms with E-state index in [4.69, 9.17) is 10.2 Å². The first kappa shape index (κ1) is 11.0. The van der Waals surface area contributed by atoms with Crippen molar-refractivity contribution in [1.29, 1.82) is 0 Å². The number of nitrogens with zero attached hydrogens (tertiary/aromatic N) is 1. The zero-order valence-electron chi connectivity index (χ0n) is 10.1. The lowest BCUT2D eigenvalue weighted by Crippen LogP contribution is -2.02. The normalized spacial score (nSPS) is 12.8. The number of nitrogens with two attached hydrogens (primary N) is 1. The van der Waals surface area contributed by atoms with Crippen LogP contribution in [-0.4, -0.2) is 4.98 Å². The van der Waals surface area contributed by atoms with Crippen LogP contribution in [0.1, 0.15) is 18.7 Å². The Kier molecular flexibility index (Phi) is 2.61. The van der Waals surface area contributed by atoms with Crippen LogP contribution in [0.2, 0.25) is 0 Å². The van der Waals surface area contributed by atoms with Gasteiger partial charge in [-0.05, 0) is 30.5 Å². The van der Waals surface area contributed by atoms with Crippen LogP contribution >= 0.6 is 0 Å². The van der Waals surface area contributed by atoms with E-state index in [0.29, 0.717) is 0 Å². The molecular weight excluding hydrogens is 224 g/mol. The summed E-state index contributed by atoms with van der Waals surface area (Å²) in [4.78, 5) is 4.17. The third kappa shape index (κ3) is 1.79. The first-order valence-electron chi connectivity index (χ1n) is 5.94. The minimum atomic E-state index is -0.0909. The molecule has 0 saturated heterocycles. The fourth-order valence-corrected chi connectivity index (χ4v) is 2.07. The van der Waals surface area contributed by atoms with Gasteiger partial charge >= 0.3 is 0 Å². The Morgan fingerprint density at radius 1 is 1.17 bits per heavy atom. The maximum Gasteiger partial charge on any atom is 0.135 e. The average Bonchev–Trinajstić information content (AvgIpc) is 2.87. The second kappa shape index (κ2) is 4.27. The van der Waals surface area contributed by atoms with Gasteiger partial charge in [-0.1, -0.05) is 18.2 Å². The predicted molar refractivity (Wildman–Crippen MR) is 72.0 cm³/mol. The fraction of sp³-hybridized carbons (Fsp3) is 0.133. The highest BCUT2D eigenvalue weighted by Gasteiger charge is 2.10.